The highest BCUT2D eigenvalue weighted by atomic mass is 16.4. The topological polar surface area (TPSA) is 217 Å². The van der Waals surface area contributed by atoms with Gasteiger partial charge in [0.1, 0.15) is 30.2 Å². The molecule has 1 rings (SSSR count). The molecule has 0 aliphatic heterocycles. The van der Waals surface area contributed by atoms with Crippen molar-refractivity contribution >= 4 is 35.9 Å². The second-order valence-electron chi connectivity index (χ2n) is 9.55. The fraction of sp³-hybridized carbons (Fsp3) is 0.538. The minimum absolute atomic E-state index is 0.0447. The molecule has 39 heavy (non-hydrogen) atoms. The number of phenolic OH excluding ortho intramolecular Hbond substituents is 1. The van der Waals surface area contributed by atoms with E-state index < -0.39 is 66.1 Å². The van der Waals surface area contributed by atoms with Crippen molar-refractivity contribution in [2.24, 2.45) is 11.7 Å². The van der Waals surface area contributed by atoms with Gasteiger partial charge in [-0.25, -0.2) is 0 Å². The SMILES string of the molecule is CC(=O)N[C@@H](Cc1ccc(O)cc1)C(=O)N[C@H](C(=O)N[C@@H](CCCCN)C(=O)NC(C=O)CC(=O)O)C(C)C. The van der Waals surface area contributed by atoms with E-state index in [1.54, 1.807) is 26.0 Å². The average molecular weight is 550 g/mol. The Morgan fingerprint density at radius 1 is 0.897 bits per heavy atom. The number of amides is 4. The summed E-state index contributed by atoms with van der Waals surface area (Å²) in [6.07, 6.45) is 0.981. The van der Waals surface area contributed by atoms with E-state index in [2.05, 4.69) is 21.3 Å². The first-order valence-electron chi connectivity index (χ1n) is 12.7. The van der Waals surface area contributed by atoms with Crippen LogP contribution in [-0.2, 0) is 35.2 Å². The monoisotopic (exact) mass is 549 g/mol. The summed E-state index contributed by atoms with van der Waals surface area (Å²) < 4.78 is 0. The van der Waals surface area contributed by atoms with Crippen molar-refractivity contribution in [3.63, 3.8) is 0 Å². The summed E-state index contributed by atoms with van der Waals surface area (Å²) in [5.41, 5.74) is 6.19. The molecule has 0 aromatic heterocycles. The van der Waals surface area contributed by atoms with Crippen LogP contribution in [0, 0.1) is 5.92 Å². The van der Waals surface area contributed by atoms with Crippen molar-refractivity contribution < 1.29 is 39.0 Å². The zero-order chi connectivity index (χ0) is 29.5. The van der Waals surface area contributed by atoms with Gasteiger partial charge in [0.15, 0.2) is 0 Å². The number of aldehydes is 1. The van der Waals surface area contributed by atoms with Crippen LogP contribution in [0.4, 0.5) is 0 Å². The minimum Gasteiger partial charge on any atom is -0.508 e. The van der Waals surface area contributed by atoms with E-state index >= 15 is 0 Å². The van der Waals surface area contributed by atoms with Crippen LogP contribution in [-0.4, -0.2) is 76.8 Å². The summed E-state index contributed by atoms with van der Waals surface area (Å²) in [6, 6.07) is 1.61. The Bertz CT molecular complexity index is 999. The predicted octanol–water partition coefficient (Wildman–Crippen LogP) is -0.648. The molecule has 216 valence electrons. The lowest BCUT2D eigenvalue weighted by Crippen LogP contribution is -2.59. The molecule has 0 aliphatic rings. The van der Waals surface area contributed by atoms with Gasteiger partial charge in [0, 0.05) is 13.3 Å². The van der Waals surface area contributed by atoms with Gasteiger partial charge < -0.3 is 42.0 Å². The summed E-state index contributed by atoms with van der Waals surface area (Å²) in [6.45, 7) is 4.99. The van der Waals surface area contributed by atoms with Crippen molar-refractivity contribution in [3.8, 4) is 5.75 Å². The van der Waals surface area contributed by atoms with Gasteiger partial charge in [-0.3, -0.25) is 24.0 Å². The quantitative estimate of drug-likeness (QED) is 0.0969. The largest absolute Gasteiger partial charge is 0.508 e. The highest BCUT2D eigenvalue weighted by molar-refractivity contribution is 5.95. The molecule has 0 saturated carbocycles. The molecule has 13 heteroatoms. The molecule has 0 heterocycles. The number of aromatic hydroxyl groups is 1. The van der Waals surface area contributed by atoms with Crippen molar-refractivity contribution in [1.29, 1.82) is 0 Å². The highest BCUT2D eigenvalue weighted by Crippen LogP contribution is 2.12. The second-order valence-corrected chi connectivity index (χ2v) is 9.55. The number of benzene rings is 1. The van der Waals surface area contributed by atoms with Gasteiger partial charge in [0.05, 0.1) is 12.5 Å². The van der Waals surface area contributed by atoms with Crippen LogP contribution in [0.2, 0.25) is 0 Å². The lowest BCUT2D eigenvalue weighted by molar-refractivity contribution is -0.139. The lowest BCUT2D eigenvalue weighted by Gasteiger charge is -2.27. The second kappa shape index (κ2) is 16.8. The molecule has 0 saturated heterocycles. The van der Waals surface area contributed by atoms with E-state index in [0.717, 1.165) is 0 Å². The molecule has 4 atom stereocenters. The van der Waals surface area contributed by atoms with Crippen LogP contribution in [0.3, 0.4) is 0 Å². The van der Waals surface area contributed by atoms with Gasteiger partial charge in [-0.05, 0) is 49.4 Å². The van der Waals surface area contributed by atoms with Gasteiger partial charge in [0.2, 0.25) is 23.6 Å². The molecule has 0 bridgehead atoms. The number of phenols is 1. The molecule has 13 nitrogen and oxygen atoms in total. The van der Waals surface area contributed by atoms with Gasteiger partial charge >= 0.3 is 5.97 Å². The maximum atomic E-state index is 13.2. The lowest BCUT2D eigenvalue weighted by atomic mass is 9.99. The molecule has 1 aromatic rings. The molecule has 0 spiro atoms. The number of carbonyl (C=O) groups excluding carboxylic acids is 5. The summed E-state index contributed by atoms with van der Waals surface area (Å²) >= 11 is 0. The number of carboxylic acid groups (broad SMARTS) is 1. The first-order valence-corrected chi connectivity index (χ1v) is 12.7. The van der Waals surface area contributed by atoms with Gasteiger partial charge in [-0.2, -0.15) is 0 Å². The van der Waals surface area contributed by atoms with Crippen LogP contribution in [0.25, 0.3) is 0 Å². The third-order valence-corrected chi connectivity index (χ3v) is 5.78. The predicted molar refractivity (Wildman–Crippen MR) is 141 cm³/mol. The maximum Gasteiger partial charge on any atom is 0.305 e. The number of carboxylic acids is 1. The van der Waals surface area contributed by atoms with Crippen LogP contribution in [0.15, 0.2) is 24.3 Å². The summed E-state index contributed by atoms with van der Waals surface area (Å²) in [5.74, 6) is -4.14. The molecule has 8 N–H and O–H groups in total. The number of aliphatic carboxylic acids is 1. The summed E-state index contributed by atoms with van der Waals surface area (Å²) in [4.78, 5) is 73.1. The number of nitrogens with one attached hydrogen (secondary N) is 4. The Kier molecular flexibility index (Phi) is 14.2. The number of hydrogen-bond donors (Lipinski definition) is 7. The Morgan fingerprint density at radius 3 is 2.03 bits per heavy atom. The van der Waals surface area contributed by atoms with E-state index in [0.29, 0.717) is 31.2 Å². The van der Waals surface area contributed by atoms with Crippen LogP contribution < -0.4 is 27.0 Å². The van der Waals surface area contributed by atoms with Gasteiger partial charge in [-0.1, -0.05) is 26.0 Å². The Morgan fingerprint density at radius 2 is 1.51 bits per heavy atom. The molecule has 1 aromatic carbocycles. The van der Waals surface area contributed by atoms with E-state index in [1.807, 2.05) is 0 Å². The van der Waals surface area contributed by atoms with Crippen molar-refractivity contribution in [3.05, 3.63) is 29.8 Å². The first-order chi connectivity index (χ1) is 18.4. The van der Waals surface area contributed by atoms with E-state index in [-0.39, 0.29) is 18.6 Å². The number of carbonyl (C=O) groups is 6. The number of rotatable bonds is 17. The maximum absolute atomic E-state index is 13.2. The van der Waals surface area contributed by atoms with Gasteiger partial charge in [0.25, 0.3) is 0 Å². The molecule has 0 fully saturated rings. The number of unbranched alkanes of at least 4 members (excludes halogenated alkanes) is 1. The molecule has 1 unspecified atom stereocenters. The Hall–Kier alpha value is -4.00. The first kappa shape index (κ1) is 33.0. The fourth-order valence-electron chi connectivity index (χ4n) is 3.74. The van der Waals surface area contributed by atoms with Crippen LogP contribution >= 0.6 is 0 Å². The third-order valence-electron chi connectivity index (χ3n) is 5.78. The molecule has 4 amide bonds. The van der Waals surface area contributed by atoms with E-state index in [1.165, 1.54) is 19.1 Å². The van der Waals surface area contributed by atoms with Crippen molar-refractivity contribution in [2.75, 3.05) is 6.54 Å². The van der Waals surface area contributed by atoms with E-state index in [9.17, 15) is 33.9 Å². The van der Waals surface area contributed by atoms with Crippen LogP contribution in [0.5, 0.6) is 5.75 Å². The zero-order valence-electron chi connectivity index (χ0n) is 22.4. The number of hydrogen-bond acceptors (Lipinski definition) is 8. The molecular weight excluding hydrogens is 510 g/mol. The van der Waals surface area contributed by atoms with Gasteiger partial charge in [-0.15, -0.1) is 0 Å². The normalized spacial score (nSPS) is 13.9. The van der Waals surface area contributed by atoms with E-state index in [4.69, 9.17) is 10.8 Å². The number of nitrogens with two attached hydrogens (primary N) is 1. The minimum atomic E-state index is -1.28. The van der Waals surface area contributed by atoms with Crippen molar-refractivity contribution in [2.45, 2.75) is 77.0 Å². The Labute approximate surface area is 227 Å². The summed E-state index contributed by atoms with van der Waals surface area (Å²) in [7, 11) is 0. The van der Waals surface area contributed by atoms with Crippen LogP contribution in [0.1, 0.15) is 52.0 Å². The summed E-state index contributed by atoms with van der Waals surface area (Å²) in [5, 5.41) is 28.6. The average Bonchev–Trinajstić information content (AvgIpc) is 2.86. The highest BCUT2D eigenvalue weighted by Gasteiger charge is 2.32. The molecular formula is C26H39N5O8. The third kappa shape index (κ3) is 12.4. The molecule has 0 radical (unpaired) electrons. The Balaban J connectivity index is 3.05. The zero-order valence-corrected chi connectivity index (χ0v) is 22.4. The molecule has 0 aliphatic carbocycles. The fourth-order valence-corrected chi connectivity index (χ4v) is 3.74. The van der Waals surface area contributed by atoms with Crippen molar-refractivity contribution in [1.82, 2.24) is 21.3 Å². The standard InChI is InChI=1S/C26H39N5O8/c1-15(2)23(31-25(38)21(28-16(3)33)12-17-7-9-19(34)10-8-17)26(39)30-20(6-4-5-11-27)24(37)29-18(14-32)13-22(35)36/h7-10,14-15,18,20-21,23,34H,4-6,11-13,27H2,1-3H3,(H,28,33)(H,29,37)(H,30,39)(H,31,38)(H,35,36)/t18?,20-,21-,23-/m0/s1. The smallest absolute Gasteiger partial charge is 0.305 e.